The van der Waals surface area contributed by atoms with Crippen LogP contribution in [-0.4, -0.2) is 71.5 Å². The summed E-state index contributed by atoms with van der Waals surface area (Å²) in [7, 11) is 3.22. The second-order valence-corrected chi connectivity index (χ2v) is 8.99. The van der Waals surface area contributed by atoms with Crippen molar-refractivity contribution in [2.45, 2.75) is 32.4 Å². The number of anilines is 1. The lowest BCUT2D eigenvalue weighted by Crippen LogP contribution is -2.33. The highest BCUT2D eigenvalue weighted by Crippen LogP contribution is 2.21. The quantitative estimate of drug-likeness (QED) is 0.423. The minimum atomic E-state index is -0.407. The van der Waals surface area contributed by atoms with Crippen molar-refractivity contribution in [1.29, 1.82) is 0 Å². The molecule has 0 spiro atoms. The molecular formula is C26H32ClN5O6. The summed E-state index contributed by atoms with van der Waals surface area (Å²) in [6.45, 7) is 3.40. The number of nitrogens with one attached hydrogen (secondary N) is 2. The number of H-pyrrole nitrogens is 1. The average Bonchev–Trinajstić information content (AvgIpc) is 3.59. The molecule has 2 aromatic heterocycles. The highest BCUT2D eigenvalue weighted by molar-refractivity contribution is 6.31. The van der Waals surface area contributed by atoms with Crippen LogP contribution in [0.1, 0.15) is 18.4 Å². The van der Waals surface area contributed by atoms with Gasteiger partial charge in [-0.2, -0.15) is 5.10 Å². The van der Waals surface area contributed by atoms with E-state index in [0.717, 1.165) is 18.4 Å². The number of aryl methyl sites for hydroxylation is 1. The van der Waals surface area contributed by atoms with Crippen molar-refractivity contribution in [3.05, 3.63) is 69.7 Å². The molecule has 2 N–H and O–H groups in total. The van der Waals surface area contributed by atoms with Gasteiger partial charge in [0, 0.05) is 43.2 Å². The Balaban J connectivity index is 0.000000375. The molecular weight excluding hydrogens is 514 g/mol. The molecule has 1 aliphatic rings. The smallest absolute Gasteiger partial charge is 0.253 e. The maximum absolute atomic E-state index is 12.4. The summed E-state index contributed by atoms with van der Waals surface area (Å²) in [5.41, 5.74) is 1.43. The molecule has 1 atom stereocenters. The second-order valence-electron chi connectivity index (χ2n) is 8.59. The summed E-state index contributed by atoms with van der Waals surface area (Å²) >= 11 is 6.00. The molecule has 3 heterocycles. The molecule has 0 bridgehead atoms. The predicted molar refractivity (Wildman–Crippen MR) is 143 cm³/mol. The Hall–Kier alpha value is -3.83. The molecule has 12 heteroatoms. The summed E-state index contributed by atoms with van der Waals surface area (Å²) in [6.07, 6.45) is 5.90. The molecule has 3 aromatic rings. The van der Waals surface area contributed by atoms with Gasteiger partial charge in [0.1, 0.15) is 25.0 Å². The van der Waals surface area contributed by atoms with Crippen molar-refractivity contribution in [3.8, 4) is 11.6 Å². The van der Waals surface area contributed by atoms with E-state index >= 15 is 0 Å². The standard InChI is InChI=1S/C20H25ClN4O4.C6H7NO2/c1-14-10-16(5-6-17(14)21)28-9-7-24(2)19(26)13-25-12-15(11-22-25)23-20(27)18-4-3-8-29-18;1-9-6-4-5(8)2-3-7-6/h5-6,10-12,18H,3-4,7-9,13H2,1-2H3,(H,23,27);2-4H,1H3,(H,7,8). The molecule has 0 saturated carbocycles. The largest absolute Gasteiger partial charge is 0.492 e. The predicted octanol–water partition coefficient (Wildman–Crippen LogP) is 2.88. The first-order valence-corrected chi connectivity index (χ1v) is 12.4. The van der Waals surface area contributed by atoms with E-state index < -0.39 is 6.10 Å². The highest BCUT2D eigenvalue weighted by atomic mass is 35.5. The number of likely N-dealkylation sites (N-methyl/N-ethyl adjacent to an activating group) is 1. The van der Waals surface area contributed by atoms with Gasteiger partial charge in [0.2, 0.25) is 5.91 Å². The maximum atomic E-state index is 12.4. The van der Waals surface area contributed by atoms with Crippen LogP contribution in [0, 0.1) is 6.92 Å². The van der Waals surface area contributed by atoms with Gasteiger partial charge in [0.15, 0.2) is 11.3 Å². The zero-order chi connectivity index (χ0) is 27.5. The third-order valence-electron chi connectivity index (χ3n) is 5.64. The summed E-state index contributed by atoms with van der Waals surface area (Å²) in [5.74, 6) is 0.912. The molecule has 38 heavy (non-hydrogen) atoms. The van der Waals surface area contributed by atoms with Gasteiger partial charge >= 0.3 is 0 Å². The van der Waals surface area contributed by atoms with Crippen molar-refractivity contribution in [2.75, 3.05) is 39.2 Å². The second kappa shape index (κ2) is 14.2. The van der Waals surface area contributed by atoms with Crippen molar-refractivity contribution in [2.24, 2.45) is 0 Å². The van der Waals surface area contributed by atoms with E-state index in [1.54, 1.807) is 36.5 Å². The number of ether oxygens (including phenoxy) is 3. The number of benzene rings is 1. The van der Waals surface area contributed by atoms with Crippen molar-refractivity contribution >= 4 is 29.1 Å². The maximum Gasteiger partial charge on any atom is 0.253 e. The third-order valence-corrected chi connectivity index (χ3v) is 6.06. The van der Waals surface area contributed by atoms with Crippen LogP contribution in [0.2, 0.25) is 5.02 Å². The third kappa shape index (κ3) is 8.93. The lowest BCUT2D eigenvalue weighted by molar-refractivity contribution is -0.131. The minimum absolute atomic E-state index is 0.0504. The van der Waals surface area contributed by atoms with Crippen molar-refractivity contribution in [3.63, 3.8) is 0 Å². The number of aromatic nitrogens is 3. The van der Waals surface area contributed by atoms with Crippen molar-refractivity contribution in [1.82, 2.24) is 19.7 Å². The van der Waals surface area contributed by atoms with Gasteiger partial charge in [0.05, 0.1) is 25.5 Å². The Morgan fingerprint density at radius 2 is 2.13 bits per heavy atom. The minimum Gasteiger partial charge on any atom is -0.492 e. The summed E-state index contributed by atoms with van der Waals surface area (Å²) in [6, 6.07) is 8.27. The number of carbonyl (C=O) groups excluding carboxylic acids is 2. The Labute approximate surface area is 225 Å². The number of carbonyl (C=O) groups is 2. The number of aromatic amines is 1. The van der Waals surface area contributed by atoms with Crippen LogP contribution in [0.5, 0.6) is 11.6 Å². The van der Waals surface area contributed by atoms with Crippen LogP contribution in [0.15, 0.2) is 53.7 Å². The molecule has 1 unspecified atom stereocenters. The highest BCUT2D eigenvalue weighted by Gasteiger charge is 2.24. The fourth-order valence-electron chi connectivity index (χ4n) is 3.46. The summed E-state index contributed by atoms with van der Waals surface area (Å²) in [5, 5.41) is 7.59. The number of amides is 2. The van der Waals surface area contributed by atoms with E-state index in [1.165, 1.54) is 30.1 Å². The normalized spacial score (nSPS) is 14.3. The van der Waals surface area contributed by atoms with Crippen LogP contribution in [-0.2, 0) is 20.9 Å². The van der Waals surface area contributed by atoms with Gasteiger partial charge < -0.3 is 29.4 Å². The molecule has 11 nitrogen and oxygen atoms in total. The van der Waals surface area contributed by atoms with Crippen molar-refractivity contribution < 1.29 is 23.8 Å². The van der Waals surface area contributed by atoms with Gasteiger partial charge in [-0.3, -0.25) is 19.1 Å². The SMILES string of the molecule is COc1cc(=O)cc[nH]1.Cc1cc(OCCN(C)C(=O)Cn2cc(NC(=O)C3CCCO3)cn2)ccc1Cl. The number of halogens is 1. The number of hydrogen-bond acceptors (Lipinski definition) is 7. The molecule has 4 rings (SSSR count). The zero-order valence-corrected chi connectivity index (χ0v) is 22.4. The fourth-order valence-corrected chi connectivity index (χ4v) is 3.57. The number of pyridine rings is 1. The number of rotatable bonds is 9. The zero-order valence-electron chi connectivity index (χ0n) is 21.6. The first-order chi connectivity index (χ1) is 18.2. The van der Waals surface area contributed by atoms with E-state index in [0.29, 0.717) is 42.1 Å². The van der Waals surface area contributed by atoms with E-state index in [4.69, 9.17) is 25.8 Å². The Morgan fingerprint density at radius 1 is 1.32 bits per heavy atom. The molecule has 204 valence electrons. The Bertz CT molecular complexity index is 1270. The monoisotopic (exact) mass is 545 g/mol. The topological polar surface area (TPSA) is 128 Å². The van der Waals surface area contributed by atoms with E-state index in [9.17, 15) is 14.4 Å². The summed E-state index contributed by atoms with van der Waals surface area (Å²) < 4.78 is 17.3. The average molecular weight is 546 g/mol. The van der Waals surface area contributed by atoms with Gasteiger partial charge in [-0.15, -0.1) is 0 Å². The van der Waals surface area contributed by atoms with Gasteiger partial charge in [-0.05, 0) is 43.5 Å². The van der Waals surface area contributed by atoms with E-state index in [-0.39, 0.29) is 23.8 Å². The molecule has 2 amide bonds. The first-order valence-electron chi connectivity index (χ1n) is 12.1. The molecule has 1 aromatic carbocycles. The number of nitrogens with zero attached hydrogens (tertiary/aromatic N) is 3. The molecule has 0 radical (unpaired) electrons. The van der Waals surface area contributed by atoms with Crippen LogP contribution >= 0.6 is 11.6 Å². The van der Waals surface area contributed by atoms with E-state index in [2.05, 4.69) is 15.4 Å². The lowest BCUT2D eigenvalue weighted by atomic mass is 10.2. The number of methoxy groups -OCH3 is 1. The van der Waals surface area contributed by atoms with Crippen LogP contribution in [0.3, 0.4) is 0 Å². The Morgan fingerprint density at radius 3 is 2.79 bits per heavy atom. The number of hydrogen-bond donors (Lipinski definition) is 2. The lowest BCUT2D eigenvalue weighted by Gasteiger charge is -2.17. The first kappa shape index (κ1) is 28.7. The van der Waals surface area contributed by atoms with Gasteiger partial charge in [-0.1, -0.05) is 11.6 Å². The van der Waals surface area contributed by atoms with Crippen LogP contribution < -0.4 is 20.2 Å². The molecule has 1 saturated heterocycles. The fraction of sp³-hybridized carbons (Fsp3) is 0.385. The molecule has 0 aliphatic carbocycles. The van der Waals surface area contributed by atoms with Gasteiger partial charge in [0.25, 0.3) is 5.91 Å². The Kier molecular flexibility index (Phi) is 10.7. The molecule has 1 fully saturated rings. The molecule has 1 aliphatic heterocycles. The van der Waals surface area contributed by atoms with Gasteiger partial charge in [-0.25, -0.2) is 0 Å². The summed E-state index contributed by atoms with van der Waals surface area (Å²) in [4.78, 5) is 39.3. The van der Waals surface area contributed by atoms with Crippen LogP contribution in [0.4, 0.5) is 5.69 Å². The van der Waals surface area contributed by atoms with E-state index in [1.807, 2.05) is 13.0 Å². The van der Waals surface area contributed by atoms with Crippen LogP contribution in [0.25, 0.3) is 0 Å².